The molecule has 218 valence electrons. The monoisotopic (exact) mass is 554 g/mol. The van der Waals surface area contributed by atoms with Crippen LogP contribution in [0.4, 0.5) is 24.8 Å². The molecule has 6 rings (SSSR count). The molecule has 7 heteroatoms. The fraction of sp³-hybridized carbons (Fsp3) is 0.606. The number of aliphatic imine (C=N–C) groups is 1. The third kappa shape index (κ3) is 5.45. The lowest BCUT2D eigenvalue weighted by atomic mass is 9.66. The average Bonchev–Trinajstić information content (AvgIpc) is 3.34. The van der Waals surface area contributed by atoms with Crippen molar-refractivity contribution in [3.05, 3.63) is 52.6 Å². The van der Waals surface area contributed by atoms with Gasteiger partial charge in [0.05, 0.1) is 5.69 Å². The van der Waals surface area contributed by atoms with Gasteiger partial charge in [-0.05, 0) is 80.2 Å². The Morgan fingerprint density at radius 1 is 1.02 bits per heavy atom. The highest BCUT2D eigenvalue weighted by Gasteiger charge is 2.44. The Bertz CT molecular complexity index is 1290. The van der Waals surface area contributed by atoms with Gasteiger partial charge in [-0.15, -0.1) is 0 Å². The smallest absolute Gasteiger partial charge is 0.248 e. The molecular formula is C33H45F3N4. The molecule has 3 aliphatic carbocycles. The molecule has 0 saturated heterocycles. The van der Waals surface area contributed by atoms with Crippen molar-refractivity contribution >= 4 is 22.9 Å². The molecule has 1 unspecified atom stereocenters. The number of nitrogens with zero attached hydrogens (tertiary/aromatic N) is 3. The quantitative estimate of drug-likeness (QED) is 0.375. The van der Waals surface area contributed by atoms with Crippen LogP contribution in [-0.4, -0.2) is 28.1 Å². The molecule has 4 aliphatic rings. The lowest BCUT2D eigenvalue weighted by Gasteiger charge is -2.35. The van der Waals surface area contributed by atoms with Gasteiger partial charge in [0.25, 0.3) is 0 Å². The molecule has 1 aromatic carbocycles. The number of halogens is 3. The second kappa shape index (κ2) is 11.7. The summed E-state index contributed by atoms with van der Waals surface area (Å²) < 4.78 is 42.4. The van der Waals surface area contributed by atoms with Crippen molar-refractivity contribution in [3.63, 3.8) is 0 Å². The summed E-state index contributed by atoms with van der Waals surface area (Å²) in [6.07, 6.45) is 12.9. The minimum atomic E-state index is -2.52. The highest BCUT2D eigenvalue weighted by Crippen LogP contribution is 2.51. The van der Waals surface area contributed by atoms with E-state index >= 15 is 4.39 Å². The lowest BCUT2D eigenvalue weighted by molar-refractivity contribution is -0.0443. The fourth-order valence-electron chi connectivity index (χ4n) is 7.12. The fourth-order valence-corrected chi connectivity index (χ4v) is 7.12. The van der Waals surface area contributed by atoms with E-state index in [1.807, 2.05) is 20.0 Å². The van der Waals surface area contributed by atoms with Crippen molar-refractivity contribution in [1.82, 2.24) is 9.97 Å². The highest BCUT2D eigenvalue weighted by atomic mass is 19.3. The van der Waals surface area contributed by atoms with E-state index in [9.17, 15) is 8.78 Å². The molecule has 1 atom stereocenters. The van der Waals surface area contributed by atoms with Crippen LogP contribution in [0.1, 0.15) is 116 Å². The topological polar surface area (TPSA) is 50.2 Å². The zero-order valence-corrected chi connectivity index (χ0v) is 24.4. The van der Waals surface area contributed by atoms with E-state index in [-0.39, 0.29) is 31.4 Å². The summed E-state index contributed by atoms with van der Waals surface area (Å²) in [4.78, 5) is 14.0. The molecule has 4 nitrogen and oxygen atoms in total. The number of allylic oxidation sites excluding steroid dienone is 1. The zero-order chi connectivity index (χ0) is 28.5. The summed E-state index contributed by atoms with van der Waals surface area (Å²) in [5.41, 5.74) is 5.97. The van der Waals surface area contributed by atoms with Gasteiger partial charge >= 0.3 is 0 Å². The van der Waals surface area contributed by atoms with Gasteiger partial charge in [-0.3, -0.25) is 4.99 Å². The SMILES string of the molecule is CC.CC1=Nc2c(F)cc(C3=CCc4nc(NCC5CCC(F)(F)CC5)ncc43)cc2C1(C)C1CCCCCC1.[HH]. The number of hydrogen-bond acceptors (Lipinski definition) is 4. The Morgan fingerprint density at radius 3 is 2.42 bits per heavy atom. The average molecular weight is 555 g/mol. The molecular weight excluding hydrogens is 509 g/mol. The number of hydrogen-bond donors (Lipinski definition) is 1. The van der Waals surface area contributed by atoms with Crippen LogP contribution in [0.3, 0.4) is 0 Å². The third-order valence-electron chi connectivity index (χ3n) is 9.68. The summed E-state index contributed by atoms with van der Waals surface area (Å²) in [6.45, 7) is 8.93. The van der Waals surface area contributed by atoms with Gasteiger partial charge in [0, 0.05) is 50.1 Å². The number of anilines is 1. The summed E-state index contributed by atoms with van der Waals surface area (Å²) in [6, 6.07) is 3.77. The molecule has 1 N–H and O–H groups in total. The number of nitrogens with one attached hydrogen (secondary N) is 1. The second-order valence-electron chi connectivity index (χ2n) is 12.0. The number of alkyl halides is 2. The van der Waals surface area contributed by atoms with Crippen molar-refractivity contribution < 1.29 is 14.6 Å². The van der Waals surface area contributed by atoms with Crippen LogP contribution in [0, 0.1) is 17.7 Å². The maximum Gasteiger partial charge on any atom is 0.248 e. The van der Waals surface area contributed by atoms with Crippen LogP contribution < -0.4 is 5.32 Å². The highest BCUT2D eigenvalue weighted by molar-refractivity contribution is 6.01. The van der Waals surface area contributed by atoms with Gasteiger partial charge in [0.1, 0.15) is 11.5 Å². The third-order valence-corrected chi connectivity index (χ3v) is 9.68. The van der Waals surface area contributed by atoms with Gasteiger partial charge in [-0.1, -0.05) is 45.6 Å². The molecule has 2 heterocycles. The first-order valence-electron chi connectivity index (χ1n) is 15.3. The number of fused-ring (bicyclic) bond motifs is 2. The van der Waals surface area contributed by atoms with Crippen molar-refractivity contribution in [2.45, 2.75) is 110 Å². The van der Waals surface area contributed by atoms with Crippen LogP contribution in [0.15, 0.2) is 29.4 Å². The maximum absolute atomic E-state index is 15.5. The lowest BCUT2D eigenvalue weighted by Crippen LogP contribution is -2.36. The van der Waals surface area contributed by atoms with Crippen molar-refractivity contribution in [1.29, 1.82) is 0 Å². The van der Waals surface area contributed by atoms with Gasteiger partial charge in [0.15, 0.2) is 0 Å². The van der Waals surface area contributed by atoms with E-state index in [0.717, 1.165) is 46.5 Å². The van der Waals surface area contributed by atoms with Crippen LogP contribution in [0.2, 0.25) is 0 Å². The van der Waals surface area contributed by atoms with E-state index in [1.54, 1.807) is 6.07 Å². The second-order valence-corrected chi connectivity index (χ2v) is 12.0. The Labute approximate surface area is 238 Å². The van der Waals surface area contributed by atoms with Gasteiger partial charge < -0.3 is 5.32 Å². The Morgan fingerprint density at radius 2 is 1.73 bits per heavy atom. The van der Waals surface area contributed by atoms with Gasteiger partial charge in [0.2, 0.25) is 11.9 Å². The predicted octanol–water partition coefficient (Wildman–Crippen LogP) is 9.45. The van der Waals surface area contributed by atoms with E-state index in [0.29, 0.717) is 43.4 Å². The molecule has 1 aromatic heterocycles. The molecule has 2 fully saturated rings. The standard InChI is InChI=1S/C31H37F3N4.C2H6.H2/c1-19-30(2,22-7-5-3-4-6-8-22)25-15-21(16-26(32)28(25)37-19)23-9-10-27-24(23)18-36-29(38-27)35-17-20-11-13-31(33,34)14-12-20;1-2;/h9,15-16,18,20,22H,3-8,10-14,17H2,1-2H3,(H,35,36,38);1-2H3;1H. The zero-order valence-electron chi connectivity index (χ0n) is 24.4. The number of aromatic nitrogens is 2. The number of benzene rings is 1. The maximum atomic E-state index is 15.5. The van der Waals surface area contributed by atoms with Crippen molar-refractivity contribution in [2.75, 3.05) is 11.9 Å². The summed E-state index contributed by atoms with van der Waals surface area (Å²) in [5, 5.41) is 3.26. The Balaban J connectivity index is 0.00000126. The van der Waals surface area contributed by atoms with Crippen LogP contribution in [-0.2, 0) is 11.8 Å². The van der Waals surface area contributed by atoms with E-state index in [1.165, 1.54) is 25.7 Å². The van der Waals surface area contributed by atoms with E-state index in [2.05, 4.69) is 36.3 Å². The van der Waals surface area contributed by atoms with Gasteiger partial charge in [-0.25, -0.2) is 23.1 Å². The Kier molecular flexibility index (Phi) is 8.40. The van der Waals surface area contributed by atoms with E-state index < -0.39 is 5.92 Å². The summed E-state index contributed by atoms with van der Waals surface area (Å²) in [7, 11) is 0. The van der Waals surface area contributed by atoms with Crippen LogP contribution in [0.5, 0.6) is 0 Å². The van der Waals surface area contributed by atoms with Crippen molar-refractivity contribution in [3.8, 4) is 0 Å². The first kappa shape index (κ1) is 28.8. The summed E-state index contributed by atoms with van der Waals surface area (Å²) in [5.74, 6) is -1.57. The summed E-state index contributed by atoms with van der Waals surface area (Å²) >= 11 is 0. The van der Waals surface area contributed by atoms with Gasteiger partial charge in [-0.2, -0.15) is 0 Å². The normalized spacial score (nSPS) is 24.3. The molecule has 40 heavy (non-hydrogen) atoms. The van der Waals surface area contributed by atoms with E-state index in [4.69, 9.17) is 9.98 Å². The number of rotatable bonds is 5. The minimum Gasteiger partial charge on any atom is -0.354 e. The minimum absolute atomic E-state index is 0. The van der Waals surface area contributed by atoms with Crippen LogP contribution in [0.25, 0.3) is 5.57 Å². The first-order valence-corrected chi connectivity index (χ1v) is 15.3. The van der Waals surface area contributed by atoms with Crippen molar-refractivity contribution in [2.24, 2.45) is 16.8 Å². The molecule has 0 radical (unpaired) electrons. The molecule has 0 bridgehead atoms. The molecule has 2 aromatic rings. The largest absolute Gasteiger partial charge is 0.354 e. The first-order chi connectivity index (χ1) is 19.2. The molecule has 1 aliphatic heterocycles. The Hall–Kier alpha value is -2.70. The van der Waals surface area contributed by atoms with Crippen LogP contribution >= 0.6 is 0 Å². The molecule has 0 amide bonds. The molecule has 0 spiro atoms. The predicted molar refractivity (Wildman–Crippen MR) is 159 cm³/mol. The molecule has 2 saturated carbocycles.